The average Bonchev–Trinajstić information content (AvgIpc) is 2.18. The lowest BCUT2D eigenvalue weighted by atomic mass is 10.2. The maximum Gasteiger partial charge on any atom is 0.322 e. The maximum absolute atomic E-state index is 11.2. The van der Waals surface area contributed by atoms with E-state index < -0.39 is 12.1 Å². The third kappa shape index (κ3) is 5.37. The Hall–Kier alpha value is -1.10. The summed E-state index contributed by atoms with van der Waals surface area (Å²) in [5.74, 6) is -0.734. The Balaban J connectivity index is 3.99. The monoisotopic (exact) mass is 217 g/mol. The number of nitrogens with one attached hydrogen (secondary N) is 1. The molecule has 15 heavy (non-hydrogen) atoms. The molecule has 0 spiro atoms. The van der Waals surface area contributed by atoms with Gasteiger partial charge in [-0.3, -0.25) is 14.9 Å². The van der Waals surface area contributed by atoms with E-state index in [-0.39, 0.29) is 11.9 Å². The highest BCUT2D eigenvalue weighted by atomic mass is 16.5. The second-order valence-corrected chi connectivity index (χ2v) is 3.11. The van der Waals surface area contributed by atoms with Gasteiger partial charge < -0.3 is 9.47 Å². The van der Waals surface area contributed by atoms with Crippen LogP contribution < -0.4 is 5.32 Å². The van der Waals surface area contributed by atoms with E-state index in [1.807, 2.05) is 0 Å². The van der Waals surface area contributed by atoms with Crippen molar-refractivity contribution in [3.8, 4) is 0 Å². The molecule has 5 nitrogen and oxygen atoms in total. The van der Waals surface area contributed by atoms with Gasteiger partial charge >= 0.3 is 11.9 Å². The number of esters is 2. The molecule has 0 aliphatic carbocycles. The first-order valence-corrected chi connectivity index (χ1v) is 5.12. The van der Waals surface area contributed by atoms with Gasteiger partial charge in [-0.25, -0.2) is 0 Å². The Morgan fingerprint density at radius 2 is 1.33 bits per heavy atom. The normalized spacial score (nSPS) is 14.1. The Bertz CT molecular complexity index is 195. The van der Waals surface area contributed by atoms with Gasteiger partial charge in [0.1, 0.15) is 12.1 Å². The summed E-state index contributed by atoms with van der Waals surface area (Å²) in [4.78, 5) is 22.4. The largest absolute Gasteiger partial charge is 0.465 e. The van der Waals surface area contributed by atoms with E-state index in [0.717, 1.165) is 0 Å². The lowest BCUT2D eigenvalue weighted by Crippen LogP contribution is -2.45. The van der Waals surface area contributed by atoms with Crippen molar-refractivity contribution in [2.75, 3.05) is 13.2 Å². The van der Waals surface area contributed by atoms with Gasteiger partial charge in [0.2, 0.25) is 0 Å². The molecule has 0 fully saturated rings. The lowest BCUT2D eigenvalue weighted by molar-refractivity contribution is -0.148. The molecule has 0 unspecified atom stereocenters. The number of rotatable bonds is 6. The highest BCUT2D eigenvalue weighted by Gasteiger charge is 2.21. The summed E-state index contributed by atoms with van der Waals surface area (Å²) in [6.45, 7) is 7.43. The van der Waals surface area contributed by atoms with Crippen LogP contribution in [0.15, 0.2) is 0 Å². The molecule has 0 amide bonds. The topological polar surface area (TPSA) is 64.6 Å². The van der Waals surface area contributed by atoms with Gasteiger partial charge in [0.25, 0.3) is 0 Å². The third-order valence-corrected chi connectivity index (χ3v) is 1.78. The van der Waals surface area contributed by atoms with Crippen LogP contribution in [-0.2, 0) is 19.1 Å². The van der Waals surface area contributed by atoms with E-state index in [2.05, 4.69) is 5.32 Å². The molecule has 0 bridgehead atoms. The Morgan fingerprint density at radius 1 is 1.00 bits per heavy atom. The third-order valence-electron chi connectivity index (χ3n) is 1.78. The van der Waals surface area contributed by atoms with Crippen molar-refractivity contribution in [3.05, 3.63) is 0 Å². The minimum absolute atomic E-state index is 0.332. The van der Waals surface area contributed by atoms with Gasteiger partial charge in [-0.05, 0) is 27.7 Å². The zero-order valence-electron chi connectivity index (χ0n) is 9.70. The predicted molar refractivity (Wildman–Crippen MR) is 55.3 cm³/mol. The van der Waals surface area contributed by atoms with E-state index >= 15 is 0 Å². The first-order valence-electron chi connectivity index (χ1n) is 5.12. The molecule has 2 atom stereocenters. The van der Waals surface area contributed by atoms with E-state index in [1.54, 1.807) is 27.7 Å². The van der Waals surface area contributed by atoms with Crippen LogP contribution in [0.5, 0.6) is 0 Å². The molecule has 0 saturated heterocycles. The molecular weight excluding hydrogens is 198 g/mol. The second-order valence-electron chi connectivity index (χ2n) is 3.11. The van der Waals surface area contributed by atoms with Crippen molar-refractivity contribution in [3.63, 3.8) is 0 Å². The number of hydrogen-bond acceptors (Lipinski definition) is 5. The van der Waals surface area contributed by atoms with Crippen LogP contribution in [0.1, 0.15) is 27.7 Å². The van der Waals surface area contributed by atoms with Gasteiger partial charge in [0.05, 0.1) is 13.2 Å². The zero-order valence-corrected chi connectivity index (χ0v) is 9.70. The van der Waals surface area contributed by atoms with Crippen LogP contribution in [0, 0.1) is 0 Å². The SMILES string of the molecule is CCOC(=O)[C@H](C)N[C@@H](C)C(=O)OCC. The van der Waals surface area contributed by atoms with Gasteiger partial charge in [0.15, 0.2) is 0 Å². The molecule has 5 heteroatoms. The summed E-state index contributed by atoms with van der Waals surface area (Å²) in [5, 5.41) is 2.80. The Labute approximate surface area is 90.1 Å². The predicted octanol–water partition coefficient (Wildman–Crippen LogP) is 0.479. The summed E-state index contributed by atoms with van der Waals surface area (Å²) in [5.41, 5.74) is 0. The Morgan fingerprint density at radius 3 is 1.60 bits per heavy atom. The van der Waals surface area contributed by atoms with Gasteiger partial charge in [0, 0.05) is 0 Å². The smallest absolute Gasteiger partial charge is 0.322 e. The van der Waals surface area contributed by atoms with Crippen LogP contribution in [0.2, 0.25) is 0 Å². The zero-order chi connectivity index (χ0) is 11.8. The molecular formula is C10H19NO4. The lowest BCUT2D eigenvalue weighted by Gasteiger charge is -2.17. The number of ether oxygens (including phenoxy) is 2. The maximum atomic E-state index is 11.2. The summed E-state index contributed by atoms with van der Waals surface area (Å²) < 4.78 is 9.58. The van der Waals surface area contributed by atoms with Crippen molar-refractivity contribution < 1.29 is 19.1 Å². The fourth-order valence-corrected chi connectivity index (χ4v) is 1.05. The summed E-state index contributed by atoms with van der Waals surface area (Å²) in [6.07, 6.45) is 0. The molecule has 88 valence electrons. The minimum Gasteiger partial charge on any atom is -0.465 e. The molecule has 0 aromatic rings. The van der Waals surface area contributed by atoms with Crippen molar-refractivity contribution in [2.24, 2.45) is 0 Å². The van der Waals surface area contributed by atoms with Gasteiger partial charge in [-0.2, -0.15) is 0 Å². The molecule has 0 radical (unpaired) electrons. The number of carbonyl (C=O) groups is 2. The van der Waals surface area contributed by atoms with E-state index in [9.17, 15) is 9.59 Å². The molecule has 0 aliphatic rings. The van der Waals surface area contributed by atoms with Crippen molar-refractivity contribution in [2.45, 2.75) is 39.8 Å². The summed E-state index contributed by atoms with van der Waals surface area (Å²) in [7, 11) is 0. The van der Waals surface area contributed by atoms with E-state index in [1.165, 1.54) is 0 Å². The van der Waals surface area contributed by atoms with Crippen molar-refractivity contribution in [1.82, 2.24) is 5.32 Å². The standard InChI is InChI=1S/C10H19NO4/c1-5-14-9(12)7(3)11-8(4)10(13)15-6-2/h7-8,11H,5-6H2,1-4H3/t7-,8-/m0/s1. The van der Waals surface area contributed by atoms with Crippen LogP contribution in [0.3, 0.4) is 0 Å². The molecule has 0 rings (SSSR count). The molecule has 0 saturated carbocycles. The highest BCUT2D eigenvalue weighted by molar-refractivity contribution is 5.79. The first kappa shape index (κ1) is 13.9. The highest BCUT2D eigenvalue weighted by Crippen LogP contribution is 1.94. The first-order chi connectivity index (χ1) is 7.02. The van der Waals surface area contributed by atoms with Crippen LogP contribution in [0.4, 0.5) is 0 Å². The molecule has 0 aliphatic heterocycles. The number of hydrogen-bond donors (Lipinski definition) is 1. The quantitative estimate of drug-likeness (QED) is 0.655. The molecule has 0 aromatic heterocycles. The van der Waals surface area contributed by atoms with Gasteiger partial charge in [-0.1, -0.05) is 0 Å². The van der Waals surface area contributed by atoms with Gasteiger partial charge in [-0.15, -0.1) is 0 Å². The fraction of sp³-hybridized carbons (Fsp3) is 0.800. The molecule has 0 heterocycles. The average molecular weight is 217 g/mol. The van der Waals surface area contributed by atoms with Crippen molar-refractivity contribution >= 4 is 11.9 Å². The van der Waals surface area contributed by atoms with Crippen LogP contribution >= 0.6 is 0 Å². The molecule has 1 N–H and O–H groups in total. The fourth-order valence-electron chi connectivity index (χ4n) is 1.05. The van der Waals surface area contributed by atoms with Crippen molar-refractivity contribution in [1.29, 1.82) is 0 Å². The van der Waals surface area contributed by atoms with E-state index in [0.29, 0.717) is 13.2 Å². The van der Waals surface area contributed by atoms with Crippen LogP contribution in [0.25, 0.3) is 0 Å². The molecule has 0 aromatic carbocycles. The minimum atomic E-state index is -0.510. The summed E-state index contributed by atoms with van der Waals surface area (Å²) >= 11 is 0. The summed E-state index contributed by atoms with van der Waals surface area (Å²) in [6, 6.07) is -1.02. The Kier molecular flexibility index (Phi) is 6.70. The number of carbonyl (C=O) groups excluding carboxylic acids is 2. The second kappa shape index (κ2) is 7.23. The van der Waals surface area contributed by atoms with E-state index in [4.69, 9.17) is 9.47 Å². The van der Waals surface area contributed by atoms with Crippen LogP contribution in [-0.4, -0.2) is 37.2 Å².